The molecule has 1 amide bonds. The second-order valence-corrected chi connectivity index (χ2v) is 7.35. The van der Waals surface area contributed by atoms with Crippen LogP contribution in [0.25, 0.3) is 10.2 Å². The highest BCUT2D eigenvalue weighted by Crippen LogP contribution is 2.32. The van der Waals surface area contributed by atoms with Gasteiger partial charge in [0.1, 0.15) is 12.1 Å². The molecule has 108 valence electrons. The van der Waals surface area contributed by atoms with E-state index < -0.39 is 0 Å². The van der Waals surface area contributed by atoms with Crippen LogP contribution in [0.4, 0.5) is 0 Å². The van der Waals surface area contributed by atoms with Crippen LogP contribution < -0.4 is 0 Å². The Hall–Kier alpha value is -1.60. The molecular weight excluding hydrogens is 308 g/mol. The SMILES string of the molecule is O=C1O[C@@H]2C[C@@H]1N(C(=O)CSc1nc3ccccc3s1)C2. The largest absolute Gasteiger partial charge is 0.459 e. The van der Waals surface area contributed by atoms with E-state index in [1.165, 1.54) is 11.8 Å². The number of hydrogen-bond donors (Lipinski definition) is 0. The zero-order valence-electron chi connectivity index (χ0n) is 11.0. The van der Waals surface area contributed by atoms with Crippen molar-refractivity contribution in [2.45, 2.75) is 22.9 Å². The third-order valence-electron chi connectivity index (χ3n) is 3.73. The minimum Gasteiger partial charge on any atom is -0.459 e. The number of amides is 1. The van der Waals surface area contributed by atoms with E-state index in [1.54, 1.807) is 16.2 Å². The number of esters is 1. The van der Waals surface area contributed by atoms with Gasteiger partial charge in [-0.1, -0.05) is 23.9 Å². The normalized spacial score (nSPS) is 23.8. The summed E-state index contributed by atoms with van der Waals surface area (Å²) in [6.45, 7) is 0.537. The molecule has 1 aromatic heterocycles. The van der Waals surface area contributed by atoms with Crippen molar-refractivity contribution in [3.63, 3.8) is 0 Å². The molecule has 2 atom stereocenters. The number of carbonyl (C=O) groups is 2. The number of para-hydroxylation sites is 1. The van der Waals surface area contributed by atoms with Crippen LogP contribution in [0, 0.1) is 0 Å². The van der Waals surface area contributed by atoms with Crippen molar-refractivity contribution in [1.29, 1.82) is 0 Å². The molecule has 2 bridgehead atoms. The first-order chi connectivity index (χ1) is 10.2. The van der Waals surface area contributed by atoms with Gasteiger partial charge in [0.25, 0.3) is 0 Å². The summed E-state index contributed by atoms with van der Waals surface area (Å²) in [5, 5.41) is 0. The van der Waals surface area contributed by atoms with Crippen molar-refractivity contribution in [1.82, 2.24) is 9.88 Å². The Morgan fingerprint density at radius 2 is 2.33 bits per heavy atom. The van der Waals surface area contributed by atoms with Crippen LogP contribution >= 0.6 is 23.1 Å². The van der Waals surface area contributed by atoms with Crippen molar-refractivity contribution in [3.05, 3.63) is 24.3 Å². The second kappa shape index (κ2) is 4.99. The Morgan fingerprint density at radius 3 is 3.10 bits per heavy atom. The fourth-order valence-electron chi connectivity index (χ4n) is 2.74. The van der Waals surface area contributed by atoms with E-state index >= 15 is 0 Å². The average Bonchev–Trinajstić information content (AvgIpc) is 3.16. The highest BCUT2D eigenvalue weighted by atomic mass is 32.2. The van der Waals surface area contributed by atoms with Crippen LogP contribution in [0.1, 0.15) is 6.42 Å². The minimum atomic E-state index is -0.363. The van der Waals surface area contributed by atoms with Gasteiger partial charge in [0.2, 0.25) is 5.91 Å². The number of likely N-dealkylation sites (tertiary alicyclic amines) is 1. The summed E-state index contributed by atoms with van der Waals surface area (Å²) in [5.41, 5.74) is 0.959. The highest BCUT2D eigenvalue weighted by molar-refractivity contribution is 8.01. The Bertz CT molecular complexity index is 697. The number of carbonyl (C=O) groups excluding carboxylic acids is 2. The predicted molar refractivity (Wildman–Crippen MR) is 80.3 cm³/mol. The molecule has 7 heteroatoms. The Morgan fingerprint density at radius 1 is 1.48 bits per heavy atom. The summed E-state index contributed by atoms with van der Waals surface area (Å²) in [6, 6.07) is 7.56. The van der Waals surface area contributed by atoms with Crippen LogP contribution in [0.15, 0.2) is 28.6 Å². The number of rotatable bonds is 3. The van der Waals surface area contributed by atoms with Gasteiger partial charge < -0.3 is 9.64 Å². The number of benzene rings is 1. The zero-order chi connectivity index (χ0) is 14.4. The van der Waals surface area contributed by atoms with Crippen LogP contribution in [-0.4, -0.2) is 46.2 Å². The maximum Gasteiger partial charge on any atom is 0.329 e. The van der Waals surface area contributed by atoms with Gasteiger partial charge in [-0.25, -0.2) is 9.78 Å². The zero-order valence-corrected chi connectivity index (χ0v) is 12.7. The maximum absolute atomic E-state index is 12.2. The second-order valence-electron chi connectivity index (χ2n) is 5.09. The molecule has 2 aliphatic heterocycles. The van der Waals surface area contributed by atoms with Crippen LogP contribution in [0.2, 0.25) is 0 Å². The molecule has 2 aliphatic rings. The van der Waals surface area contributed by atoms with Gasteiger partial charge in [-0.05, 0) is 12.1 Å². The van der Waals surface area contributed by atoms with Gasteiger partial charge in [0.15, 0.2) is 4.34 Å². The van der Waals surface area contributed by atoms with Gasteiger partial charge in [-0.15, -0.1) is 11.3 Å². The first-order valence-corrected chi connectivity index (χ1v) is 8.49. The van der Waals surface area contributed by atoms with E-state index in [1.807, 2.05) is 24.3 Å². The molecule has 2 saturated heterocycles. The van der Waals surface area contributed by atoms with Crippen LogP contribution in [-0.2, 0) is 14.3 Å². The molecule has 2 aromatic rings. The average molecular weight is 320 g/mol. The van der Waals surface area contributed by atoms with E-state index in [0.29, 0.717) is 18.7 Å². The van der Waals surface area contributed by atoms with E-state index in [4.69, 9.17) is 4.74 Å². The molecule has 1 aromatic carbocycles. The number of ether oxygens (including phenoxy) is 1. The minimum absolute atomic E-state index is 0.0107. The molecule has 0 spiro atoms. The summed E-state index contributed by atoms with van der Waals surface area (Å²) in [5.74, 6) is 0.0454. The fraction of sp³-hybridized carbons (Fsp3) is 0.357. The van der Waals surface area contributed by atoms with Crippen molar-refractivity contribution >= 4 is 45.2 Å². The summed E-state index contributed by atoms with van der Waals surface area (Å²) in [7, 11) is 0. The van der Waals surface area contributed by atoms with Crippen LogP contribution in [0.3, 0.4) is 0 Å². The number of aromatic nitrogens is 1. The molecule has 3 heterocycles. The fourth-order valence-corrected chi connectivity index (χ4v) is 4.70. The number of nitrogens with zero attached hydrogens (tertiary/aromatic N) is 2. The molecule has 0 unspecified atom stereocenters. The van der Waals surface area contributed by atoms with E-state index in [0.717, 1.165) is 14.6 Å². The molecule has 0 saturated carbocycles. The van der Waals surface area contributed by atoms with E-state index in [-0.39, 0.29) is 24.0 Å². The monoisotopic (exact) mass is 320 g/mol. The van der Waals surface area contributed by atoms with Gasteiger partial charge in [0, 0.05) is 6.42 Å². The Labute approximate surface area is 129 Å². The number of fused-ring (bicyclic) bond motifs is 3. The van der Waals surface area contributed by atoms with Gasteiger partial charge in [-0.3, -0.25) is 4.79 Å². The molecular formula is C14H12N2O3S2. The third kappa shape index (κ3) is 2.30. The number of hydrogen-bond acceptors (Lipinski definition) is 6. The van der Waals surface area contributed by atoms with Crippen LogP contribution in [0.5, 0.6) is 0 Å². The van der Waals surface area contributed by atoms with Crippen molar-refractivity contribution in [2.24, 2.45) is 0 Å². The molecule has 5 nitrogen and oxygen atoms in total. The molecule has 0 aliphatic carbocycles. The smallest absolute Gasteiger partial charge is 0.329 e. The van der Waals surface area contributed by atoms with Gasteiger partial charge >= 0.3 is 5.97 Å². The lowest BCUT2D eigenvalue weighted by molar-refractivity contribution is -0.156. The topological polar surface area (TPSA) is 59.5 Å². The quantitative estimate of drug-likeness (QED) is 0.639. The first-order valence-electron chi connectivity index (χ1n) is 6.69. The Balaban J connectivity index is 1.42. The van der Waals surface area contributed by atoms with E-state index in [9.17, 15) is 9.59 Å². The standard InChI is InChI=1S/C14H12N2O3S2/c17-12(16-6-8-5-10(16)13(18)19-8)7-20-14-15-9-3-1-2-4-11(9)21-14/h1-4,8,10H,5-7H2/t8-,10+/m1/s1. The van der Waals surface area contributed by atoms with Gasteiger partial charge in [0.05, 0.1) is 22.5 Å². The molecule has 0 N–H and O–H groups in total. The van der Waals surface area contributed by atoms with Crippen molar-refractivity contribution < 1.29 is 14.3 Å². The third-order valence-corrected chi connectivity index (χ3v) is 5.90. The molecule has 4 rings (SSSR count). The van der Waals surface area contributed by atoms with Gasteiger partial charge in [-0.2, -0.15) is 0 Å². The van der Waals surface area contributed by atoms with E-state index in [2.05, 4.69) is 4.98 Å². The number of thioether (sulfide) groups is 1. The lowest BCUT2D eigenvalue weighted by atomic mass is 10.2. The van der Waals surface area contributed by atoms with Crippen molar-refractivity contribution in [2.75, 3.05) is 12.3 Å². The maximum atomic E-state index is 12.2. The predicted octanol–water partition coefficient (Wildman–Crippen LogP) is 1.91. The Kier molecular flexibility index (Phi) is 3.11. The number of morpholine rings is 1. The summed E-state index contributed by atoms with van der Waals surface area (Å²) < 4.78 is 7.10. The summed E-state index contributed by atoms with van der Waals surface area (Å²) >= 11 is 3.02. The highest BCUT2D eigenvalue weighted by Gasteiger charge is 2.48. The molecule has 2 fully saturated rings. The summed E-state index contributed by atoms with van der Waals surface area (Å²) in [6.07, 6.45) is 0.551. The molecule has 21 heavy (non-hydrogen) atoms. The number of thiazole rings is 1. The first kappa shape index (κ1) is 13.1. The molecule has 0 radical (unpaired) electrons. The van der Waals surface area contributed by atoms with Crippen molar-refractivity contribution in [3.8, 4) is 0 Å². The lowest BCUT2D eigenvalue weighted by Gasteiger charge is -2.25. The lowest BCUT2D eigenvalue weighted by Crippen LogP contribution is -2.45. The summed E-state index contributed by atoms with van der Waals surface area (Å²) in [4.78, 5) is 29.9.